The largest absolute Gasteiger partial charge is 0.348 e. The molecule has 5 nitrogen and oxygen atoms in total. The zero-order valence-corrected chi connectivity index (χ0v) is 13.5. The Kier molecular flexibility index (Phi) is 3.95. The van der Waals surface area contributed by atoms with E-state index in [1.165, 1.54) is 11.8 Å². The molecule has 1 aliphatic rings. The molecule has 1 aliphatic heterocycles. The van der Waals surface area contributed by atoms with E-state index < -0.39 is 0 Å². The highest BCUT2D eigenvalue weighted by molar-refractivity contribution is 7.99. The van der Waals surface area contributed by atoms with Crippen LogP contribution in [0.3, 0.4) is 0 Å². The lowest BCUT2D eigenvalue weighted by molar-refractivity contribution is -0.132. The first kappa shape index (κ1) is 15.1. The smallest absolute Gasteiger partial charge is 0.254 e. The van der Waals surface area contributed by atoms with Crippen molar-refractivity contribution in [1.29, 1.82) is 0 Å². The molecule has 6 heteroatoms. The van der Waals surface area contributed by atoms with E-state index >= 15 is 0 Å². The number of hydrogen-bond acceptors (Lipinski definition) is 4. The number of carbonyl (C=O) groups is 1. The third-order valence-electron chi connectivity index (χ3n) is 3.35. The Morgan fingerprint density at radius 3 is 2.65 bits per heavy atom. The molecule has 1 aromatic rings. The van der Waals surface area contributed by atoms with Crippen molar-refractivity contribution >= 4 is 17.7 Å². The van der Waals surface area contributed by atoms with Crippen LogP contribution in [-0.4, -0.2) is 40.2 Å². The number of rotatable bonds is 1. The molecule has 0 saturated heterocycles. The van der Waals surface area contributed by atoms with E-state index in [9.17, 15) is 9.59 Å². The lowest BCUT2D eigenvalue weighted by atomic mass is 9.92. The molecule has 20 heavy (non-hydrogen) atoms. The van der Waals surface area contributed by atoms with Crippen LogP contribution in [0, 0.1) is 5.92 Å². The van der Waals surface area contributed by atoms with Gasteiger partial charge < -0.3 is 4.90 Å². The van der Waals surface area contributed by atoms with Crippen LogP contribution in [0.5, 0.6) is 0 Å². The predicted octanol–water partition coefficient (Wildman–Crippen LogP) is 1.35. The van der Waals surface area contributed by atoms with Gasteiger partial charge in [-0.3, -0.25) is 14.2 Å². The summed E-state index contributed by atoms with van der Waals surface area (Å²) in [5.74, 6) is 0.592. The quantitative estimate of drug-likeness (QED) is 0.734. The highest BCUT2D eigenvalue weighted by Gasteiger charge is 2.29. The second kappa shape index (κ2) is 5.24. The number of fused-ring (bicyclic) bond motifs is 1. The monoisotopic (exact) mass is 295 g/mol. The Morgan fingerprint density at radius 1 is 1.45 bits per heavy atom. The fraction of sp³-hybridized carbons (Fsp3) is 0.643. The van der Waals surface area contributed by atoms with E-state index in [1.54, 1.807) is 29.6 Å². The normalized spacial score (nSPS) is 18.6. The second-order valence-electron chi connectivity index (χ2n) is 6.36. The van der Waals surface area contributed by atoms with Gasteiger partial charge in [-0.2, -0.15) is 0 Å². The van der Waals surface area contributed by atoms with E-state index in [2.05, 4.69) is 4.98 Å². The average molecular weight is 295 g/mol. The van der Waals surface area contributed by atoms with Crippen molar-refractivity contribution in [3.05, 3.63) is 22.1 Å². The number of carbonyl (C=O) groups excluding carboxylic acids is 1. The van der Waals surface area contributed by atoms with Crippen molar-refractivity contribution in [2.75, 3.05) is 19.8 Å². The fourth-order valence-corrected chi connectivity index (χ4v) is 3.19. The third kappa shape index (κ3) is 2.90. The van der Waals surface area contributed by atoms with Gasteiger partial charge in [-0.1, -0.05) is 32.5 Å². The van der Waals surface area contributed by atoms with Crippen molar-refractivity contribution in [3.63, 3.8) is 0 Å². The number of aromatic nitrogens is 2. The fourth-order valence-electron chi connectivity index (χ4n) is 2.11. The number of amides is 1. The Hall–Kier alpha value is -1.30. The van der Waals surface area contributed by atoms with Gasteiger partial charge in [0.1, 0.15) is 0 Å². The van der Waals surface area contributed by atoms with Crippen molar-refractivity contribution < 1.29 is 4.79 Å². The summed E-state index contributed by atoms with van der Waals surface area (Å²) in [7, 11) is 3.48. The molecule has 0 fully saturated rings. The van der Waals surface area contributed by atoms with Crippen LogP contribution in [0.25, 0.3) is 0 Å². The minimum Gasteiger partial charge on any atom is -0.348 e. The first-order valence-electron chi connectivity index (χ1n) is 6.66. The minimum absolute atomic E-state index is 0.0648. The molecular weight excluding hydrogens is 274 g/mol. The van der Waals surface area contributed by atoms with E-state index in [0.29, 0.717) is 12.3 Å². The van der Waals surface area contributed by atoms with Crippen molar-refractivity contribution in [3.8, 4) is 0 Å². The molecule has 0 bridgehead atoms. The maximum atomic E-state index is 12.3. The Balaban J connectivity index is 2.35. The molecule has 1 amide bonds. The summed E-state index contributed by atoms with van der Waals surface area (Å²) < 4.78 is 1.62. The van der Waals surface area contributed by atoms with E-state index in [1.807, 2.05) is 20.8 Å². The van der Waals surface area contributed by atoms with Crippen LogP contribution in [0.1, 0.15) is 26.5 Å². The molecule has 1 atom stereocenters. The lowest BCUT2D eigenvalue weighted by Gasteiger charge is -2.27. The zero-order chi connectivity index (χ0) is 15.1. The van der Waals surface area contributed by atoms with Crippen molar-refractivity contribution in [1.82, 2.24) is 14.5 Å². The summed E-state index contributed by atoms with van der Waals surface area (Å²) in [6, 6.07) is 1.59. The molecule has 110 valence electrons. The van der Waals surface area contributed by atoms with Crippen LogP contribution in [-0.2, 0) is 16.8 Å². The summed E-state index contributed by atoms with van der Waals surface area (Å²) >= 11 is 1.49. The van der Waals surface area contributed by atoms with Gasteiger partial charge in [-0.05, 0) is 0 Å². The van der Waals surface area contributed by atoms with Crippen molar-refractivity contribution in [2.24, 2.45) is 5.92 Å². The highest BCUT2D eigenvalue weighted by atomic mass is 32.2. The van der Waals surface area contributed by atoms with Crippen LogP contribution in [0.2, 0.25) is 0 Å². The van der Waals surface area contributed by atoms with Gasteiger partial charge in [0.2, 0.25) is 5.91 Å². The average Bonchev–Trinajstić information content (AvgIpc) is 2.36. The minimum atomic E-state index is -0.150. The molecule has 1 aromatic heterocycles. The molecular formula is C14H21N3O2S. The number of nitrogens with zero attached hydrogens (tertiary/aromatic N) is 3. The molecule has 0 saturated carbocycles. The summed E-state index contributed by atoms with van der Waals surface area (Å²) in [6.45, 7) is 6.54. The number of thioether (sulfide) groups is 1. The topological polar surface area (TPSA) is 55.2 Å². The summed E-state index contributed by atoms with van der Waals surface area (Å²) in [4.78, 5) is 30.4. The number of hydrogen-bond donors (Lipinski definition) is 0. The van der Waals surface area contributed by atoms with Crippen LogP contribution < -0.4 is 5.56 Å². The van der Waals surface area contributed by atoms with Crippen LogP contribution in [0.4, 0.5) is 0 Å². The Labute approximate surface area is 123 Å². The lowest BCUT2D eigenvalue weighted by Crippen LogP contribution is -2.40. The molecule has 0 aliphatic carbocycles. The van der Waals surface area contributed by atoms with Crippen molar-refractivity contribution in [2.45, 2.75) is 37.9 Å². The molecule has 2 heterocycles. The van der Waals surface area contributed by atoms with Gasteiger partial charge in [0.15, 0.2) is 5.16 Å². The van der Waals surface area contributed by atoms with Crippen LogP contribution >= 0.6 is 11.8 Å². The van der Waals surface area contributed by atoms with Gasteiger partial charge >= 0.3 is 0 Å². The van der Waals surface area contributed by atoms with Gasteiger partial charge in [0.05, 0.1) is 11.6 Å². The Morgan fingerprint density at radius 2 is 2.10 bits per heavy atom. The van der Waals surface area contributed by atoms with Gasteiger partial charge in [-0.15, -0.1) is 0 Å². The molecule has 0 aromatic carbocycles. The summed E-state index contributed by atoms with van der Waals surface area (Å²) in [5.41, 5.74) is 0.591. The first-order chi connectivity index (χ1) is 9.20. The predicted molar refractivity (Wildman–Crippen MR) is 80.1 cm³/mol. The standard InChI is InChI=1S/C14H21N3O2S/c1-14(2,3)10-6-11(18)17-7-9(12(19)16(4)5)8-20-13(17)15-10/h6,9H,7-8H2,1-5H3. The molecule has 0 spiro atoms. The van der Waals surface area contributed by atoms with E-state index in [4.69, 9.17) is 0 Å². The second-order valence-corrected chi connectivity index (χ2v) is 7.35. The summed E-state index contributed by atoms with van der Waals surface area (Å²) in [5, 5.41) is 0.727. The van der Waals surface area contributed by atoms with Gasteiger partial charge in [0, 0.05) is 37.9 Å². The van der Waals surface area contributed by atoms with Gasteiger partial charge in [0.25, 0.3) is 5.56 Å². The van der Waals surface area contributed by atoms with Gasteiger partial charge in [-0.25, -0.2) is 4.98 Å². The maximum absolute atomic E-state index is 12.3. The molecule has 1 unspecified atom stereocenters. The molecule has 0 N–H and O–H groups in total. The molecule has 0 radical (unpaired) electrons. The third-order valence-corrected chi connectivity index (χ3v) is 4.49. The Bertz CT molecular complexity index is 587. The molecule has 2 rings (SSSR count). The summed E-state index contributed by atoms with van der Waals surface area (Å²) in [6.07, 6.45) is 0. The van der Waals surface area contributed by atoms with E-state index in [-0.39, 0.29) is 22.8 Å². The van der Waals surface area contributed by atoms with Crippen LogP contribution in [0.15, 0.2) is 16.0 Å². The maximum Gasteiger partial charge on any atom is 0.254 e. The zero-order valence-electron chi connectivity index (χ0n) is 12.6. The SMILES string of the molecule is CN(C)C(=O)C1CSc2nc(C(C)(C)C)cc(=O)n2C1. The highest BCUT2D eigenvalue weighted by Crippen LogP contribution is 2.28. The van der Waals surface area contributed by atoms with E-state index in [0.717, 1.165) is 10.9 Å². The first-order valence-corrected chi connectivity index (χ1v) is 7.65.